The number of hydrogen-bond acceptors (Lipinski definition) is 7. The summed E-state index contributed by atoms with van der Waals surface area (Å²) in [4.78, 5) is 40.4. The Balaban J connectivity index is 1.59. The highest BCUT2D eigenvalue weighted by Gasteiger charge is 2.57. The van der Waals surface area contributed by atoms with Gasteiger partial charge in [-0.15, -0.1) is 0 Å². The van der Waals surface area contributed by atoms with E-state index in [4.69, 9.17) is 25.5 Å². The van der Waals surface area contributed by atoms with E-state index < -0.39 is 36.1 Å². The zero-order valence-corrected chi connectivity index (χ0v) is 16.2. The van der Waals surface area contributed by atoms with Gasteiger partial charge in [0.2, 0.25) is 12.8 Å². The van der Waals surface area contributed by atoms with Crippen LogP contribution in [0.3, 0.4) is 0 Å². The number of aryl methyl sites for hydroxylation is 1. The van der Waals surface area contributed by atoms with Crippen LogP contribution < -0.4 is 0 Å². The predicted octanol–water partition coefficient (Wildman–Crippen LogP) is 3.68. The molecule has 9 heteroatoms. The molecule has 1 fully saturated rings. The van der Waals surface area contributed by atoms with Gasteiger partial charge in [0, 0.05) is 35.1 Å². The number of halogens is 1. The molecule has 1 aliphatic rings. The van der Waals surface area contributed by atoms with Crippen molar-refractivity contribution in [2.45, 2.75) is 40.2 Å². The minimum atomic E-state index is -0.683. The summed E-state index contributed by atoms with van der Waals surface area (Å²) in [5.74, 6) is -1.19. The monoisotopic (exact) mass is 395 g/mol. The van der Waals surface area contributed by atoms with Crippen molar-refractivity contribution in [1.29, 1.82) is 0 Å². The molecule has 0 radical (unpaired) electrons. The molecule has 1 aromatic carbocycles. The standard InChI is InChI=1S/C18H20ClN2O6/c1-9-20-13-6-10(5-12(19)15(13)27-9)21(24)14-7-11(14)16(22)25-8-26-17(23)18(2,3)4/h5-6,11,14H,7-8H2,1-4H3/q+1. The molecule has 2 aromatic rings. The van der Waals surface area contributed by atoms with E-state index in [1.807, 2.05) is 0 Å². The Hall–Kier alpha value is -2.48. The van der Waals surface area contributed by atoms with Gasteiger partial charge in [0.1, 0.15) is 11.4 Å². The SMILES string of the molecule is Cc1nc2cc([N+](=O)C3CC3C(=O)OCOC(=O)C(C)(C)C)cc(Cl)c2o1. The van der Waals surface area contributed by atoms with Crippen molar-refractivity contribution in [3.8, 4) is 0 Å². The van der Waals surface area contributed by atoms with E-state index in [1.165, 1.54) is 6.07 Å². The summed E-state index contributed by atoms with van der Waals surface area (Å²) in [5.41, 5.74) is 0.501. The molecule has 0 bridgehead atoms. The number of nitrogens with zero attached hydrogens (tertiary/aromatic N) is 2. The van der Waals surface area contributed by atoms with Gasteiger partial charge in [0.25, 0.3) is 5.69 Å². The van der Waals surface area contributed by atoms with Gasteiger partial charge in [-0.05, 0) is 20.8 Å². The van der Waals surface area contributed by atoms with E-state index in [-0.39, 0.29) is 5.02 Å². The number of oxazole rings is 1. The quantitative estimate of drug-likeness (QED) is 0.432. The van der Waals surface area contributed by atoms with Crippen molar-refractivity contribution in [2.75, 3.05) is 6.79 Å². The first-order valence-electron chi connectivity index (χ1n) is 8.45. The van der Waals surface area contributed by atoms with Gasteiger partial charge in [0.05, 0.1) is 10.4 Å². The number of nitroso groups, excluding NO2 is 1. The Bertz CT molecular complexity index is 930. The van der Waals surface area contributed by atoms with E-state index in [0.29, 0.717) is 29.1 Å². The molecule has 3 rings (SSSR count). The number of ether oxygens (including phenoxy) is 2. The third-order valence-electron chi connectivity index (χ3n) is 4.16. The third kappa shape index (κ3) is 4.10. The molecule has 1 aromatic heterocycles. The van der Waals surface area contributed by atoms with Gasteiger partial charge in [0.15, 0.2) is 11.5 Å². The molecular formula is C18H20ClN2O6+. The second-order valence-electron chi connectivity index (χ2n) is 7.51. The number of benzene rings is 1. The van der Waals surface area contributed by atoms with Gasteiger partial charge in [-0.25, -0.2) is 4.98 Å². The Morgan fingerprint density at radius 3 is 2.70 bits per heavy atom. The van der Waals surface area contributed by atoms with Crippen molar-refractivity contribution < 1.29 is 28.2 Å². The molecular weight excluding hydrogens is 376 g/mol. The molecule has 144 valence electrons. The number of rotatable bonds is 5. The lowest BCUT2D eigenvalue weighted by Crippen LogP contribution is -2.25. The van der Waals surface area contributed by atoms with Crippen LogP contribution in [0, 0.1) is 23.2 Å². The number of aromatic nitrogens is 1. The van der Waals surface area contributed by atoms with Crippen LogP contribution in [0.4, 0.5) is 5.69 Å². The molecule has 8 nitrogen and oxygen atoms in total. The van der Waals surface area contributed by atoms with Crippen molar-refractivity contribution >= 4 is 40.3 Å². The van der Waals surface area contributed by atoms with E-state index in [9.17, 15) is 14.5 Å². The fraction of sp³-hybridized carbons (Fsp3) is 0.500. The maximum Gasteiger partial charge on any atom is 0.319 e. The number of hydrogen-bond donors (Lipinski definition) is 0. The second-order valence-corrected chi connectivity index (χ2v) is 7.91. The third-order valence-corrected chi connectivity index (χ3v) is 4.44. The van der Waals surface area contributed by atoms with E-state index >= 15 is 0 Å². The Morgan fingerprint density at radius 1 is 1.33 bits per heavy atom. The van der Waals surface area contributed by atoms with Gasteiger partial charge in [-0.1, -0.05) is 11.6 Å². The van der Waals surface area contributed by atoms with Crippen LogP contribution in [0.2, 0.25) is 5.02 Å². The fourth-order valence-electron chi connectivity index (χ4n) is 2.57. The van der Waals surface area contributed by atoms with Gasteiger partial charge in [-0.3, -0.25) is 9.59 Å². The lowest BCUT2D eigenvalue weighted by atomic mass is 9.98. The van der Waals surface area contributed by atoms with E-state index in [2.05, 4.69) is 4.98 Å². The summed E-state index contributed by atoms with van der Waals surface area (Å²) in [7, 11) is 0. The molecule has 1 heterocycles. The molecule has 1 saturated carbocycles. The molecule has 0 aliphatic heterocycles. The average molecular weight is 396 g/mol. The summed E-state index contributed by atoms with van der Waals surface area (Å²) in [6.45, 7) is 6.31. The molecule has 0 saturated heterocycles. The average Bonchev–Trinajstić information content (AvgIpc) is 3.28. The lowest BCUT2D eigenvalue weighted by molar-refractivity contribution is -0.480. The van der Waals surface area contributed by atoms with Crippen LogP contribution in [0.15, 0.2) is 16.5 Å². The van der Waals surface area contributed by atoms with Crippen LogP contribution in [-0.4, -0.2) is 34.5 Å². The Labute approximate surface area is 160 Å². The van der Waals surface area contributed by atoms with Crippen molar-refractivity contribution in [2.24, 2.45) is 11.3 Å². The Kier molecular flexibility index (Phi) is 4.94. The summed E-state index contributed by atoms with van der Waals surface area (Å²) < 4.78 is 15.9. The number of carbonyl (C=O) groups is 2. The van der Waals surface area contributed by atoms with Crippen LogP contribution >= 0.6 is 11.6 Å². The van der Waals surface area contributed by atoms with Crippen LogP contribution in [0.1, 0.15) is 33.1 Å². The predicted molar refractivity (Wildman–Crippen MR) is 95.4 cm³/mol. The van der Waals surface area contributed by atoms with Crippen molar-refractivity contribution in [3.05, 3.63) is 28.0 Å². The summed E-state index contributed by atoms with van der Waals surface area (Å²) in [6, 6.07) is 2.49. The zero-order chi connectivity index (χ0) is 19.9. The van der Waals surface area contributed by atoms with Crippen LogP contribution in [-0.2, 0) is 19.1 Å². The molecule has 1 aliphatic carbocycles. The first-order valence-corrected chi connectivity index (χ1v) is 8.82. The first-order chi connectivity index (χ1) is 12.6. The minimum Gasteiger partial charge on any atom is -0.439 e. The zero-order valence-electron chi connectivity index (χ0n) is 15.4. The Morgan fingerprint density at radius 2 is 2.04 bits per heavy atom. The normalized spacial score (nSPS) is 19.0. The maximum atomic E-state index is 12.5. The molecule has 2 atom stereocenters. The lowest BCUT2D eigenvalue weighted by Gasteiger charge is -2.16. The van der Waals surface area contributed by atoms with Gasteiger partial charge in [-0.2, -0.15) is 0 Å². The fourth-order valence-corrected chi connectivity index (χ4v) is 2.81. The molecule has 0 spiro atoms. The number of esters is 2. The van der Waals surface area contributed by atoms with Gasteiger partial charge >= 0.3 is 11.9 Å². The van der Waals surface area contributed by atoms with Crippen molar-refractivity contribution in [3.63, 3.8) is 0 Å². The molecule has 0 N–H and O–H groups in total. The van der Waals surface area contributed by atoms with Crippen LogP contribution in [0.25, 0.3) is 11.1 Å². The van der Waals surface area contributed by atoms with E-state index in [1.54, 1.807) is 33.8 Å². The van der Waals surface area contributed by atoms with E-state index in [0.717, 1.165) is 4.76 Å². The molecule has 27 heavy (non-hydrogen) atoms. The first kappa shape index (κ1) is 19.3. The van der Waals surface area contributed by atoms with Gasteiger partial charge < -0.3 is 13.9 Å². The summed E-state index contributed by atoms with van der Waals surface area (Å²) in [5, 5.41) is 0.276. The van der Waals surface area contributed by atoms with Crippen LogP contribution in [0.5, 0.6) is 0 Å². The largest absolute Gasteiger partial charge is 0.439 e. The second kappa shape index (κ2) is 6.92. The highest BCUT2D eigenvalue weighted by Crippen LogP contribution is 2.39. The summed E-state index contributed by atoms with van der Waals surface area (Å²) in [6.07, 6.45) is 0.350. The number of fused-ring (bicyclic) bond motifs is 1. The van der Waals surface area contributed by atoms with Crippen molar-refractivity contribution in [1.82, 2.24) is 4.98 Å². The minimum absolute atomic E-state index is 0.276. The number of carbonyl (C=O) groups excluding carboxylic acids is 2. The summed E-state index contributed by atoms with van der Waals surface area (Å²) >= 11 is 6.14. The topological polar surface area (TPSA) is 98.7 Å². The molecule has 2 unspecified atom stereocenters. The maximum absolute atomic E-state index is 12.5. The highest BCUT2D eigenvalue weighted by molar-refractivity contribution is 6.35. The highest BCUT2D eigenvalue weighted by atomic mass is 35.5. The smallest absolute Gasteiger partial charge is 0.319 e. The molecule has 0 amide bonds.